The van der Waals surface area contributed by atoms with Gasteiger partial charge in [-0.3, -0.25) is 72.1 Å². The third-order valence-corrected chi connectivity index (χ3v) is 16.6. The van der Waals surface area contributed by atoms with E-state index < -0.39 is 194 Å². The minimum absolute atomic E-state index is 0.00756. The maximum Gasteiger partial charge on any atom is 0.326 e. The van der Waals surface area contributed by atoms with Crippen molar-refractivity contribution in [3.8, 4) is 0 Å². The van der Waals surface area contributed by atoms with E-state index in [9.17, 15) is 82.1 Å². The minimum Gasteiger partial charge on any atom is -0.481 e. The van der Waals surface area contributed by atoms with Crippen LogP contribution < -0.4 is 87.2 Å². The van der Waals surface area contributed by atoms with Crippen LogP contribution in [0.3, 0.4) is 0 Å². The number of nitrogens with one attached hydrogen (secondary N) is 12. The van der Waals surface area contributed by atoms with Crippen LogP contribution in [0.2, 0.25) is 0 Å². The molecule has 0 aliphatic carbocycles. The van der Waals surface area contributed by atoms with E-state index in [-0.39, 0.29) is 82.9 Å². The number of aromatic amines is 1. The van der Waals surface area contributed by atoms with Crippen LogP contribution in [0.1, 0.15) is 123 Å². The molecule has 4 rings (SSSR count). The van der Waals surface area contributed by atoms with Crippen molar-refractivity contribution in [2.45, 2.75) is 185 Å². The number of nitrogens with two attached hydrogens (primary N) is 5. The van der Waals surface area contributed by atoms with E-state index in [1.807, 2.05) is 24.3 Å². The lowest BCUT2D eigenvalue weighted by Crippen LogP contribution is -2.59. The summed E-state index contributed by atoms with van der Waals surface area (Å²) in [6.07, 6.45) is 1.19. The molecule has 0 spiro atoms. The van der Waals surface area contributed by atoms with Crippen LogP contribution >= 0.6 is 0 Å². The molecule has 2 heterocycles. The molecule has 1 saturated heterocycles. The summed E-state index contributed by atoms with van der Waals surface area (Å²) < 4.78 is 0. The third kappa shape index (κ3) is 29.8. The zero-order valence-electron chi connectivity index (χ0n) is 58.6. The second-order valence-electron chi connectivity index (χ2n) is 25.8. The summed E-state index contributed by atoms with van der Waals surface area (Å²) in [5, 5.41) is 47.0. The Hall–Kier alpha value is -10.8. The Morgan fingerprint density at radius 2 is 1.10 bits per heavy atom. The van der Waals surface area contributed by atoms with Gasteiger partial charge in [0.25, 0.3) is 0 Å². The standard InChI is InChI=1S/C67H101N19O17/c1-36(2)29-48(62(98)82-46(23-25-55(91)92)59(95)76-35-54(90)85-56(37(3)4)66(102)103)80-53(89)33-75-58(94)44(19-11-12-26-68)79-52(88)34-77-64(100)50-21-14-28-86(50)65(101)38(5)78-60(96)47(22-24-51(70)87)83-61(97)45(20-13-27-73-67(71)72)81-63(99)49(30-39-15-7-6-8-16-39)84-57(93)42(69)31-40-32-74-43-18-10-9-17-41(40)43/h6-10,15-18,32,36-38,42,44-50,56,74H,11-14,19-31,33-35,68-69H2,1-5H3,(H2,70,87)(H,75,94)(H,76,95)(H,77,100)(H,78,96)(H,79,88)(H,80,89)(H,81,99)(H,82,98)(H,83,97)(H,84,93)(H,85,90)(H,91,92)(H,102,103)(H4,71,72,73)/t38-,42-,44-,45-,46-,47-,48-,49-,50-,56-/m0/s1. The van der Waals surface area contributed by atoms with E-state index in [4.69, 9.17) is 28.7 Å². The second-order valence-corrected chi connectivity index (χ2v) is 25.8. The number of para-hydroxylation sites is 1. The molecule has 103 heavy (non-hydrogen) atoms. The third-order valence-electron chi connectivity index (χ3n) is 16.6. The molecular weight excluding hydrogens is 1340 g/mol. The number of unbranched alkanes of at least 4 members (excludes halogenated alkanes) is 1. The predicted octanol–water partition coefficient (Wildman–Crippen LogP) is -4.38. The van der Waals surface area contributed by atoms with Gasteiger partial charge in [-0.1, -0.05) is 76.2 Å². The number of likely N-dealkylation sites (tertiary alicyclic amines) is 1. The molecule has 3 aromatic rings. The molecule has 0 unspecified atom stereocenters. The highest BCUT2D eigenvalue weighted by atomic mass is 16.4. The van der Waals surface area contributed by atoms with Gasteiger partial charge < -0.3 is 107 Å². The zero-order valence-corrected chi connectivity index (χ0v) is 58.6. The van der Waals surface area contributed by atoms with E-state index in [1.54, 1.807) is 64.2 Å². The maximum absolute atomic E-state index is 14.4. The van der Waals surface area contributed by atoms with Crippen molar-refractivity contribution in [2.75, 3.05) is 39.3 Å². The number of carboxylic acid groups (broad SMARTS) is 2. The summed E-state index contributed by atoms with van der Waals surface area (Å²) in [4.78, 5) is 208. The number of H-pyrrole nitrogens is 1. The number of fused-ring (bicyclic) bond motifs is 1. The van der Waals surface area contributed by atoms with Crippen molar-refractivity contribution < 1.29 is 82.1 Å². The van der Waals surface area contributed by atoms with E-state index in [1.165, 1.54) is 11.8 Å². The first kappa shape index (κ1) is 84.6. The van der Waals surface area contributed by atoms with Gasteiger partial charge in [0.05, 0.1) is 25.7 Å². The van der Waals surface area contributed by atoms with Gasteiger partial charge in [0.2, 0.25) is 76.8 Å². The summed E-state index contributed by atoms with van der Waals surface area (Å²) in [5.41, 5.74) is 31.0. The lowest BCUT2D eigenvalue weighted by Gasteiger charge is -2.29. The van der Waals surface area contributed by atoms with Crippen LogP contribution in [0.25, 0.3) is 10.9 Å². The fourth-order valence-electron chi connectivity index (χ4n) is 11.1. The Morgan fingerprint density at radius 1 is 0.573 bits per heavy atom. The number of aliphatic imine (C=N–C) groups is 1. The molecule has 0 bridgehead atoms. The number of rotatable bonds is 45. The first-order chi connectivity index (χ1) is 48.8. The number of aromatic nitrogens is 1. The number of aliphatic carboxylic acids is 2. The lowest BCUT2D eigenvalue weighted by molar-refractivity contribution is -0.143. The highest BCUT2D eigenvalue weighted by molar-refractivity contribution is 5.99. The number of nitrogens with zero attached hydrogens (tertiary/aromatic N) is 2. The Balaban J connectivity index is 1.40. The molecule has 13 amide bonds. The van der Waals surface area contributed by atoms with Gasteiger partial charge in [0.15, 0.2) is 5.96 Å². The van der Waals surface area contributed by atoms with Gasteiger partial charge in [0, 0.05) is 49.5 Å². The van der Waals surface area contributed by atoms with Crippen LogP contribution in [0.5, 0.6) is 0 Å². The molecule has 0 radical (unpaired) electrons. The first-order valence-electron chi connectivity index (χ1n) is 34.1. The molecule has 24 N–H and O–H groups in total. The van der Waals surface area contributed by atoms with Gasteiger partial charge in [0.1, 0.15) is 54.4 Å². The van der Waals surface area contributed by atoms with Crippen LogP contribution in [-0.4, -0.2) is 214 Å². The molecule has 566 valence electrons. The van der Waals surface area contributed by atoms with Crippen molar-refractivity contribution in [3.05, 3.63) is 71.9 Å². The lowest BCUT2D eigenvalue weighted by atomic mass is 10.0. The molecule has 36 nitrogen and oxygen atoms in total. The molecule has 10 atom stereocenters. The summed E-state index contributed by atoms with van der Waals surface area (Å²) in [5.74, 6) is -14.7. The Kier molecular flexibility index (Phi) is 35.4. The largest absolute Gasteiger partial charge is 0.481 e. The Labute approximate surface area is 595 Å². The quantitative estimate of drug-likeness (QED) is 0.0144. The molecule has 36 heteroatoms. The number of guanidine groups is 1. The smallest absolute Gasteiger partial charge is 0.326 e. The first-order valence-corrected chi connectivity index (χ1v) is 34.1. The highest BCUT2D eigenvalue weighted by Gasteiger charge is 2.39. The van der Waals surface area contributed by atoms with Gasteiger partial charge in [-0.2, -0.15) is 0 Å². The predicted molar refractivity (Wildman–Crippen MR) is 375 cm³/mol. The van der Waals surface area contributed by atoms with Crippen molar-refractivity contribution in [1.29, 1.82) is 0 Å². The minimum atomic E-state index is -1.55. The fraction of sp³-hybridized carbons (Fsp3) is 0.552. The molecule has 0 saturated carbocycles. The highest BCUT2D eigenvalue weighted by Crippen LogP contribution is 2.21. The fourth-order valence-corrected chi connectivity index (χ4v) is 11.1. The van der Waals surface area contributed by atoms with Crippen molar-refractivity contribution >= 4 is 106 Å². The van der Waals surface area contributed by atoms with E-state index in [0.29, 0.717) is 24.8 Å². The number of hydrogen-bond acceptors (Lipinski definition) is 18. The number of amides is 13. The average molecular weight is 1440 g/mol. The van der Waals surface area contributed by atoms with E-state index in [2.05, 4.69) is 68.5 Å². The van der Waals surface area contributed by atoms with Gasteiger partial charge in [-0.05, 0) is 113 Å². The molecule has 1 aliphatic heterocycles. The molecular formula is C67H101N19O17. The van der Waals surface area contributed by atoms with Crippen molar-refractivity contribution in [3.63, 3.8) is 0 Å². The maximum atomic E-state index is 14.4. The number of hydrogen-bond donors (Lipinski definition) is 19. The summed E-state index contributed by atoms with van der Waals surface area (Å²) >= 11 is 0. The Bertz CT molecular complexity index is 3470. The SMILES string of the molecule is CC(C)C[C@H](NC(=O)CNC(=O)[C@H](CCCCN)NC(=O)CNC(=O)[C@@H]1CCCN1C(=O)[C@H](C)NC(=O)[C@H](CCC(N)=O)NC(=O)[C@H](CCCN=C(N)N)NC(=O)[C@H](Cc1ccccc1)NC(=O)[C@@H](N)Cc1c[nH]c2ccccc12)C(=O)N[C@@H](CCC(=O)O)C(=O)NCC(=O)N[C@H](C(=O)O)C(C)C. The van der Waals surface area contributed by atoms with Crippen LogP contribution in [0.4, 0.5) is 0 Å². The van der Waals surface area contributed by atoms with Crippen molar-refractivity contribution in [2.24, 2.45) is 45.5 Å². The number of benzene rings is 2. The van der Waals surface area contributed by atoms with Gasteiger partial charge >= 0.3 is 11.9 Å². The molecule has 1 aliphatic rings. The second kappa shape index (κ2) is 43.1. The topological polar surface area (TPSA) is 590 Å². The number of carbonyl (C=O) groups is 15. The summed E-state index contributed by atoms with van der Waals surface area (Å²) in [7, 11) is 0. The number of primary amides is 1. The Morgan fingerprint density at radius 3 is 1.69 bits per heavy atom. The molecule has 1 fully saturated rings. The molecule has 2 aromatic carbocycles. The average Bonchev–Trinajstić information content (AvgIpc) is 1.71. The summed E-state index contributed by atoms with van der Waals surface area (Å²) in [6.45, 7) is 6.01. The summed E-state index contributed by atoms with van der Waals surface area (Å²) in [6, 6.07) is 2.86. The number of carbonyl (C=O) groups excluding carboxylic acids is 13. The van der Waals surface area contributed by atoms with Crippen LogP contribution in [-0.2, 0) is 84.8 Å². The van der Waals surface area contributed by atoms with Crippen molar-refractivity contribution in [1.82, 2.24) is 68.4 Å². The van der Waals surface area contributed by atoms with E-state index in [0.717, 1.165) is 16.5 Å². The van der Waals surface area contributed by atoms with E-state index >= 15 is 0 Å². The molecule has 1 aromatic heterocycles. The van der Waals surface area contributed by atoms with Crippen LogP contribution in [0, 0.1) is 11.8 Å². The number of carboxylic acids is 2. The zero-order chi connectivity index (χ0) is 76.5. The van der Waals surface area contributed by atoms with Gasteiger partial charge in [-0.25, -0.2) is 4.79 Å². The van der Waals surface area contributed by atoms with Gasteiger partial charge in [-0.15, -0.1) is 0 Å². The normalized spacial score (nSPS) is 15.2. The van der Waals surface area contributed by atoms with Crippen LogP contribution in [0.15, 0.2) is 65.8 Å². The monoisotopic (exact) mass is 1440 g/mol.